The first-order valence-corrected chi connectivity index (χ1v) is 5.92. The predicted molar refractivity (Wildman–Crippen MR) is 66.7 cm³/mol. The molecule has 1 aromatic heterocycles. The van der Waals surface area contributed by atoms with Crippen LogP contribution in [0.4, 0.5) is 11.8 Å². The van der Waals surface area contributed by atoms with E-state index in [1.54, 1.807) is 6.20 Å². The Labute approximate surface area is 101 Å². The van der Waals surface area contributed by atoms with Gasteiger partial charge in [0.15, 0.2) is 0 Å². The first kappa shape index (κ1) is 12.1. The number of rotatable bonds is 3. The highest BCUT2D eigenvalue weighted by Crippen LogP contribution is 2.21. The van der Waals surface area contributed by atoms with Gasteiger partial charge in [-0.1, -0.05) is 6.92 Å². The maximum Gasteiger partial charge on any atom is 0.239 e. The van der Waals surface area contributed by atoms with E-state index in [-0.39, 0.29) is 6.10 Å². The minimum absolute atomic E-state index is 0.224. The Morgan fingerprint density at radius 1 is 1.65 bits per heavy atom. The molecule has 0 bridgehead atoms. The lowest BCUT2D eigenvalue weighted by atomic mass is 10.1. The third-order valence-electron chi connectivity index (χ3n) is 3.00. The van der Waals surface area contributed by atoms with Crippen LogP contribution >= 0.6 is 0 Å². The number of hydrogen-bond donors (Lipinski definition) is 2. The van der Waals surface area contributed by atoms with Crippen molar-refractivity contribution in [3.63, 3.8) is 0 Å². The second kappa shape index (κ2) is 5.29. The van der Waals surface area contributed by atoms with Gasteiger partial charge in [-0.2, -0.15) is 4.98 Å². The van der Waals surface area contributed by atoms with Crippen LogP contribution < -0.4 is 16.2 Å². The maximum absolute atomic E-state index is 5.66. The molecule has 1 aliphatic heterocycles. The number of aromatic nitrogens is 2. The highest BCUT2D eigenvalue weighted by Gasteiger charge is 2.26. The van der Waals surface area contributed by atoms with Crippen molar-refractivity contribution in [2.24, 2.45) is 5.84 Å². The minimum Gasteiger partial charge on any atom is -0.375 e. The molecule has 1 fully saturated rings. The molecule has 6 heteroatoms. The largest absolute Gasteiger partial charge is 0.375 e. The minimum atomic E-state index is 0.224. The van der Waals surface area contributed by atoms with E-state index in [1.807, 2.05) is 6.07 Å². The van der Waals surface area contributed by atoms with Crippen molar-refractivity contribution >= 4 is 11.8 Å². The number of nitrogens with zero attached hydrogens (tertiary/aromatic N) is 3. The topological polar surface area (TPSA) is 76.3 Å². The summed E-state index contributed by atoms with van der Waals surface area (Å²) in [7, 11) is 0. The molecule has 3 N–H and O–H groups in total. The van der Waals surface area contributed by atoms with Crippen molar-refractivity contribution in [2.75, 3.05) is 23.5 Å². The summed E-state index contributed by atoms with van der Waals surface area (Å²) in [5.74, 6) is 6.66. The zero-order valence-corrected chi connectivity index (χ0v) is 10.3. The Balaban J connectivity index is 2.22. The normalized spacial score (nSPS) is 24.8. The number of hydrogen-bond acceptors (Lipinski definition) is 6. The van der Waals surface area contributed by atoms with Gasteiger partial charge in [0.05, 0.1) is 18.8 Å². The summed E-state index contributed by atoms with van der Waals surface area (Å²) >= 11 is 0. The van der Waals surface area contributed by atoms with Gasteiger partial charge in [0.2, 0.25) is 5.95 Å². The van der Waals surface area contributed by atoms with Gasteiger partial charge in [-0.25, -0.2) is 10.8 Å². The van der Waals surface area contributed by atoms with Crippen molar-refractivity contribution in [1.82, 2.24) is 9.97 Å². The third-order valence-corrected chi connectivity index (χ3v) is 3.00. The molecule has 17 heavy (non-hydrogen) atoms. The van der Waals surface area contributed by atoms with Gasteiger partial charge >= 0.3 is 0 Å². The number of anilines is 2. The van der Waals surface area contributed by atoms with E-state index in [2.05, 4.69) is 34.1 Å². The van der Waals surface area contributed by atoms with Crippen LogP contribution in [0.2, 0.25) is 0 Å². The number of hydrazine groups is 1. The fourth-order valence-corrected chi connectivity index (χ4v) is 2.04. The number of morpholine rings is 1. The van der Waals surface area contributed by atoms with Crippen molar-refractivity contribution < 1.29 is 4.74 Å². The van der Waals surface area contributed by atoms with Gasteiger partial charge in [0, 0.05) is 12.7 Å². The molecule has 2 rings (SSSR count). The zero-order chi connectivity index (χ0) is 12.3. The van der Waals surface area contributed by atoms with Gasteiger partial charge < -0.3 is 9.64 Å². The van der Waals surface area contributed by atoms with Crippen LogP contribution in [0.15, 0.2) is 12.3 Å². The maximum atomic E-state index is 5.66. The number of ether oxygens (including phenoxy) is 1. The molecule has 0 radical (unpaired) electrons. The molecule has 0 spiro atoms. The first-order chi connectivity index (χ1) is 8.24. The van der Waals surface area contributed by atoms with E-state index in [0.717, 1.165) is 25.4 Å². The summed E-state index contributed by atoms with van der Waals surface area (Å²) in [4.78, 5) is 10.6. The summed E-state index contributed by atoms with van der Waals surface area (Å²) in [6.45, 7) is 5.81. The molecular formula is C11H19N5O. The lowest BCUT2D eigenvalue weighted by Crippen LogP contribution is -2.49. The second-order valence-corrected chi connectivity index (χ2v) is 4.24. The average molecular weight is 237 g/mol. The molecule has 1 aromatic rings. The van der Waals surface area contributed by atoms with Gasteiger partial charge in [0.1, 0.15) is 5.82 Å². The van der Waals surface area contributed by atoms with Gasteiger partial charge in [-0.05, 0) is 19.4 Å². The lowest BCUT2D eigenvalue weighted by molar-refractivity contribution is 0.0296. The predicted octanol–water partition coefficient (Wildman–Crippen LogP) is 0.766. The van der Waals surface area contributed by atoms with Gasteiger partial charge in [-0.3, -0.25) is 5.43 Å². The highest BCUT2D eigenvalue weighted by molar-refractivity contribution is 5.43. The van der Waals surface area contributed by atoms with Crippen LogP contribution in [0, 0.1) is 0 Å². The summed E-state index contributed by atoms with van der Waals surface area (Å²) in [5.41, 5.74) is 2.47. The fourth-order valence-electron chi connectivity index (χ4n) is 2.04. The SMILES string of the molecule is CCC1COC(C)CN1c1ccnc(NN)n1. The molecule has 0 saturated carbocycles. The van der Waals surface area contributed by atoms with Crippen LogP contribution in [0.25, 0.3) is 0 Å². The van der Waals surface area contributed by atoms with E-state index in [1.165, 1.54) is 0 Å². The molecule has 94 valence electrons. The van der Waals surface area contributed by atoms with E-state index in [0.29, 0.717) is 12.0 Å². The Bertz CT molecular complexity index is 373. The van der Waals surface area contributed by atoms with E-state index in [9.17, 15) is 0 Å². The van der Waals surface area contributed by atoms with Crippen molar-refractivity contribution in [2.45, 2.75) is 32.4 Å². The first-order valence-electron chi connectivity index (χ1n) is 5.92. The zero-order valence-electron chi connectivity index (χ0n) is 10.3. The number of nitrogens with one attached hydrogen (secondary N) is 1. The molecular weight excluding hydrogens is 218 g/mol. The summed E-state index contributed by atoms with van der Waals surface area (Å²) in [5, 5.41) is 0. The Kier molecular flexibility index (Phi) is 3.75. The van der Waals surface area contributed by atoms with Crippen LogP contribution in [0.1, 0.15) is 20.3 Å². The molecule has 0 aliphatic carbocycles. The molecule has 2 atom stereocenters. The lowest BCUT2D eigenvalue weighted by Gasteiger charge is -2.39. The van der Waals surface area contributed by atoms with E-state index >= 15 is 0 Å². The van der Waals surface area contributed by atoms with E-state index < -0.39 is 0 Å². The molecule has 2 unspecified atom stereocenters. The Morgan fingerprint density at radius 2 is 2.47 bits per heavy atom. The molecule has 0 amide bonds. The van der Waals surface area contributed by atoms with Crippen LogP contribution in [-0.2, 0) is 4.74 Å². The number of nitrogens with two attached hydrogens (primary N) is 1. The van der Waals surface area contributed by atoms with Crippen LogP contribution in [0.3, 0.4) is 0 Å². The van der Waals surface area contributed by atoms with E-state index in [4.69, 9.17) is 10.6 Å². The summed E-state index contributed by atoms with van der Waals surface area (Å²) in [6, 6.07) is 2.27. The smallest absolute Gasteiger partial charge is 0.239 e. The highest BCUT2D eigenvalue weighted by atomic mass is 16.5. The monoisotopic (exact) mass is 237 g/mol. The van der Waals surface area contributed by atoms with Gasteiger partial charge in [0.25, 0.3) is 0 Å². The molecule has 1 aliphatic rings. The van der Waals surface area contributed by atoms with Crippen LogP contribution in [-0.4, -0.2) is 35.3 Å². The van der Waals surface area contributed by atoms with Crippen molar-refractivity contribution in [3.05, 3.63) is 12.3 Å². The fraction of sp³-hybridized carbons (Fsp3) is 0.636. The Hall–Kier alpha value is -1.40. The standard InChI is InChI=1S/C11H19N5O/c1-3-9-7-17-8(2)6-16(9)10-4-5-13-11(14-10)15-12/h4-5,8-9H,3,6-7,12H2,1-2H3,(H,13,14,15). The number of nitrogen functional groups attached to an aromatic ring is 1. The van der Waals surface area contributed by atoms with Crippen molar-refractivity contribution in [3.8, 4) is 0 Å². The van der Waals surface area contributed by atoms with Crippen LogP contribution in [0.5, 0.6) is 0 Å². The molecule has 1 saturated heterocycles. The molecule has 6 nitrogen and oxygen atoms in total. The van der Waals surface area contributed by atoms with Gasteiger partial charge in [-0.15, -0.1) is 0 Å². The summed E-state index contributed by atoms with van der Waals surface area (Å²) in [6.07, 6.45) is 2.97. The van der Waals surface area contributed by atoms with Crippen molar-refractivity contribution in [1.29, 1.82) is 0 Å². The molecule has 2 heterocycles. The quantitative estimate of drug-likeness (QED) is 0.597. The summed E-state index contributed by atoms with van der Waals surface area (Å²) < 4.78 is 5.66. The second-order valence-electron chi connectivity index (χ2n) is 4.24. The Morgan fingerprint density at radius 3 is 3.18 bits per heavy atom. The third kappa shape index (κ3) is 2.65. The average Bonchev–Trinajstić information content (AvgIpc) is 2.39. The molecule has 0 aromatic carbocycles.